The van der Waals surface area contributed by atoms with Crippen LogP contribution in [0, 0.1) is 0 Å². The van der Waals surface area contributed by atoms with Crippen LogP contribution in [0.3, 0.4) is 0 Å². The van der Waals surface area contributed by atoms with Crippen molar-refractivity contribution in [1.29, 1.82) is 0 Å². The molecule has 1 fully saturated rings. The van der Waals surface area contributed by atoms with E-state index >= 15 is 0 Å². The maximum atomic E-state index is 14.8. The molecule has 2 aliphatic rings. The molecule has 2 heterocycles. The van der Waals surface area contributed by atoms with Crippen LogP contribution < -0.4 is 14.8 Å². The maximum absolute atomic E-state index is 14.8. The number of rotatable bonds is 6. The van der Waals surface area contributed by atoms with E-state index < -0.39 is 6.17 Å². The molecule has 0 radical (unpaired) electrons. The molecule has 0 saturated carbocycles. The average Bonchev–Trinajstić information content (AvgIpc) is 3.27. The molecular weight excluding hydrogens is 405 g/mol. The summed E-state index contributed by atoms with van der Waals surface area (Å²) < 4.78 is 25.8. The molecule has 1 aliphatic carbocycles. The number of methoxy groups -OCH3 is 2. The highest BCUT2D eigenvalue weighted by molar-refractivity contribution is 5.96. The van der Waals surface area contributed by atoms with Gasteiger partial charge in [0.25, 0.3) is 0 Å². The van der Waals surface area contributed by atoms with E-state index in [1.54, 1.807) is 14.2 Å². The third-order valence-electron chi connectivity index (χ3n) is 6.59. The van der Waals surface area contributed by atoms with E-state index in [0.29, 0.717) is 24.5 Å². The summed E-state index contributed by atoms with van der Waals surface area (Å²) >= 11 is 0. The average molecular weight is 436 g/mol. The number of pyridine rings is 1. The molecule has 32 heavy (non-hydrogen) atoms. The van der Waals surface area contributed by atoms with E-state index in [0.717, 1.165) is 54.6 Å². The predicted octanol–water partition coefficient (Wildman–Crippen LogP) is 4.77. The normalized spacial score (nSPS) is 20.8. The van der Waals surface area contributed by atoms with Crippen molar-refractivity contribution in [3.05, 3.63) is 59.3 Å². The lowest BCUT2D eigenvalue weighted by Gasteiger charge is -2.36. The zero-order chi connectivity index (χ0) is 22.1. The summed E-state index contributed by atoms with van der Waals surface area (Å²) in [6.45, 7) is 2.05. The predicted molar refractivity (Wildman–Crippen MR) is 126 cm³/mol. The van der Waals surface area contributed by atoms with Gasteiger partial charge in [-0.05, 0) is 36.5 Å². The molecule has 3 aromatic rings. The second-order valence-electron chi connectivity index (χ2n) is 8.84. The molecule has 168 valence electrons. The van der Waals surface area contributed by atoms with Crippen molar-refractivity contribution in [3.63, 3.8) is 0 Å². The number of anilines is 1. The van der Waals surface area contributed by atoms with Crippen LogP contribution in [0.4, 0.5) is 10.1 Å². The van der Waals surface area contributed by atoms with Crippen LogP contribution in [0.2, 0.25) is 0 Å². The summed E-state index contributed by atoms with van der Waals surface area (Å²) in [5.74, 6) is 1.35. The third-order valence-corrected chi connectivity index (χ3v) is 6.59. The SMILES string of the molecule is COc1cc2nc3c(c(N[C@H]4CC(F)CN(Cc5ccccc5)C4)c2cc1OC)CCC3. The lowest BCUT2D eigenvalue weighted by atomic mass is 10.0. The zero-order valence-electron chi connectivity index (χ0n) is 18.7. The lowest BCUT2D eigenvalue weighted by molar-refractivity contribution is 0.123. The van der Waals surface area contributed by atoms with Crippen molar-refractivity contribution in [2.24, 2.45) is 0 Å². The fourth-order valence-electron chi connectivity index (χ4n) is 5.16. The first-order chi connectivity index (χ1) is 15.6. The van der Waals surface area contributed by atoms with Crippen LogP contribution >= 0.6 is 0 Å². The Kier molecular flexibility index (Phi) is 5.87. The smallest absolute Gasteiger partial charge is 0.162 e. The van der Waals surface area contributed by atoms with E-state index in [1.807, 2.05) is 30.3 Å². The number of piperidine rings is 1. The summed E-state index contributed by atoms with van der Waals surface area (Å²) in [7, 11) is 3.29. The van der Waals surface area contributed by atoms with E-state index in [1.165, 1.54) is 11.1 Å². The van der Waals surface area contributed by atoms with Gasteiger partial charge in [-0.2, -0.15) is 0 Å². The van der Waals surface area contributed by atoms with Gasteiger partial charge >= 0.3 is 0 Å². The van der Waals surface area contributed by atoms with Crippen molar-refractivity contribution in [2.75, 3.05) is 32.6 Å². The van der Waals surface area contributed by atoms with Gasteiger partial charge in [0, 0.05) is 54.9 Å². The number of halogens is 1. The van der Waals surface area contributed by atoms with Crippen molar-refractivity contribution in [1.82, 2.24) is 9.88 Å². The second-order valence-corrected chi connectivity index (χ2v) is 8.84. The molecule has 2 atom stereocenters. The summed E-state index contributed by atoms with van der Waals surface area (Å²) in [6.07, 6.45) is 2.73. The van der Waals surface area contributed by atoms with Crippen LogP contribution in [0.1, 0.15) is 29.7 Å². The molecular formula is C26H30FN3O2. The number of nitrogens with one attached hydrogen (secondary N) is 1. The van der Waals surface area contributed by atoms with Crippen LogP contribution in [0.5, 0.6) is 11.5 Å². The number of nitrogens with zero attached hydrogens (tertiary/aromatic N) is 2. The highest BCUT2D eigenvalue weighted by atomic mass is 19.1. The van der Waals surface area contributed by atoms with E-state index in [9.17, 15) is 4.39 Å². The van der Waals surface area contributed by atoms with Gasteiger partial charge in [-0.15, -0.1) is 0 Å². The molecule has 0 spiro atoms. The fraction of sp³-hybridized carbons (Fsp3) is 0.423. The first-order valence-corrected chi connectivity index (χ1v) is 11.4. The van der Waals surface area contributed by atoms with Gasteiger partial charge < -0.3 is 14.8 Å². The first-order valence-electron chi connectivity index (χ1n) is 11.4. The minimum Gasteiger partial charge on any atom is -0.493 e. The number of hydrogen-bond donors (Lipinski definition) is 1. The van der Waals surface area contributed by atoms with Gasteiger partial charge in [0.2, 0.25) is 0 Å². The Morgan fingerprint density at radius 3 is 2.62 bits per heavy atom. The van der Waals surface area contributed by atoms with Crippen molar-refractivity contribution < 1.29 is 13.9 Å². The Balaban J connectivity index is 1.47. The number of benzene rings is 2. The lowest BCUT2D eigenvalue weighted by Crippen LogP contribution is -2.46. The van der Waals surface area contributed by atoms with Crippen molar-refractivity contribution >= 4 is 16.6 Å². The number of aromatic nitrogens is 1. The topological polar surface area (TPSA) is 46.6 Å². The van der Waals surface area contributed by atoms with Gasteiger partial charge in [0.15, 0.2) is 11.5 Å². The molecule has 1 aromatic heterocycles. The molecule has 1 unspecified atom stereocenters. The van der Waals surface area contributed by atoms with Crippen LogP contribution in [-0.2, 0) is 19.4 Å². The number of likely N-dealkylation sites (tertiary alicyclic amines) is 1. The minimum atomic E-state index is -0.847. The Labute approximate surface area is 188 Å². The Hall–Kier alpha value is -2.86. The standard InChI is InChI=1S/C26H30FN3O2/c1-31-24-12-21-23(13-25(24)32-2)29-22-10-6-9-20(22)26(21)28-19-11-18(27)15-30(16-19)14-17-7-4-3-5-8-17/h3-5,7-8,12-13,18-19H,6,9-11,14-16H2,1-2H3,(H,28,29)/t18?,19-/m0/s1. The highest BCUT2D eigenvalue weighted by Gasteiger charge is 2.29. The van der Waals surface area contributed by atoms with Gasteiger partial charge in [0.05, 0.1) is 19.7 Å². The molecule has 0 bridgehead atoms. The van der Waals surface area contributed by atoms with Gasteiger partial charge in [0.1, 0.15) is 6.17 Å². The maximum Gasteiger partial charge on any atom is 0.162 e. The van der Waals surface area contributed by atoms with Crippen molar-refractivity contribution in [2.45, 2.75) is 44.4 Å². The quantitative estimate of drug-likeness (QED) is 0.605. The minimum absolute atomic E-state index is 0.0332. The number of aryl methyl sites for hydroxylation is 1. The van der Waals surface area contributed by atoms with Gasteiger partial charge in [-0.1, -0.05) is 30.3 Å². The molecule has 5 rings (SSSR count). The van der Waals surface area contributed by atoms with E-state index in [4.69, 9.17) is 14.5 Å². The zero-order valence-corrected chi connectivity index (χ0v) is 18.7. The van der Waals surface area contributed by atoms with Crippen LogP contribution in [0.25, 0.3) is 10.9 Å². The number of alkyl halides is 1. The molecule has 1 aliphatic heterocycles. The summed E-state index contributed by atoms with van der Waals surface area (Å²) in [5.41, 5.74) is 5.59. The van der Waals surface area contributed by atoms with Crippen LogP contribution in [0.15, 0.2) is 42.5 Å². The molecule has 6 heteroatoms. The summed E-state index contributed by atoms with van der Waals surface area (Å²) in [4.78, 5) is 7.14. The largest absolute Gasteiger partial charge is 0.493 e. The number of hydrogen-bond acceptors (Lipinski definition) is 5. The van der Waals surface area contributed by atoms with Crippen molar-refractivity contribution in [3.8, 4) is 11.5 Å². The fourth-order valence-corrected chi connectivity index (χ4v) is 5.16. The molecule has 0 amide bonds. The Morgan fingerprint density at radius 2 is 1.84 bits per heavy atom. The number of fused-ring (bicyclic) bond motifs is 2. The third kappa shape index (κ3) is 4.11. The molecule has 1 N–H and O–H groups in total. The molecule has 5 nitrogen and oxygen atoms in total. The number of ether oxygens (including phenoxy) is 2. The summed E-state index contributed by atoms with van der Waals surface area (Å²) in [5, 5.41) is 4.75. The molecule has 2 aromatic carbocycles. The summed E-state index contributed by atoms with van der Waals surface area (Å²) in [6, 6.07) is 14.3. The van der Waals surface area contributed by atoms with E-state index in [2.05, 4.69) is 22.3 Å². The molecule has 1 saturated heterocycles. The Morgan fingerprint density at radius 1 is 1.06 bits per heavy atom. The first kappa shape index (κ1) is 21.0. The van der Waals surface area contributed by atoms with E-state index in [-0.39, 0.29) is 6.04 Å². The monoisotopic (exact) mass is 435 g/mol. The van der Waals surface area contributed by atoms with Gasteiger partial charge in [-0.25, -0.2) is 4.39 Å². The highest BCUT2D eigenvalue weighted by Crippen LogP contribution is 2.40. The second kappa shape index (κ2) is 8.94. The van der Waals surface area contributed by atoms with Gasteiger partial charge in [-0.3, -0.25) is 9.88 Å². The van der Waals surface area contributed by atoms with Crippen LogP contribution in [-0.4, -0.2) is 49.4 Å². The Bertz CT molecular complexity index is 1110.